The molecule has 0 heterocycles. The predicted molar refractivity (Wildman–Crippen MR) is 80.6 cm³/mol. The third kappa shape index (κ3) is 7.15. The van der Waals surface area contributed by atoms with E-state index in [1.165, 1.54) is 0 Å². The molecule has 7 heteroatoms. The van der Waals surface area contributed by atoms with Gasteiger partial charge in [0.1, 0.15) is 26.9 Å². The average molecular weight is 266 g/mol. The zero-order valence-electron chi connectivity index (χ0n) is 10.4. The zero-order valence-corrected chi connectivity index (χ0v) is 13.4. The monoisotopic (exact) mass is 266 g/mol. The first kappa shape index (κ1) is 15.8. The smallest absolute Gasteiger partial charge is 0.348 e. The molecule has 0 rings (SSSR count). The number of hydrogen-bond donors (Lipinski definition) is 3. The van der Waals surface area contributed by atoms with Crippen LogP contribution in [0.25, 0.3) is 0 Å². The number of hydrogen-bond acceptors (Lipinski definition) is 3. The molecule has 0 aromatic heterocycles. The Morgan fingerprint density at radius 1 is 0.750 bits per heavy atom. The van der Waals surface area contributed by atoms with Gasteiger partial charge in [0, 0.05) is 0 Å². The van der Waals surface area contributed by atoms with Crippen molar-refractivity contribution in [1.29, 1.82) is 0 Å². The summed E-state index contributed by atoms with van der Waals surface area (Å²) in [5, 5.41) is 0. The van der Waals surface area contributed by atoms with Gasteiger partial charge in [-0.05, 0) is 0 Å². The minimum Gasteiger partial charge on any atom is -0.348 e. The molecule has 0 saturated carbocycles. The summed E-state index contributed by atoms with van der Waals surface area (Å²) in [6, 6.07) is 0. The first-order valence-corrected chi connectivity index (χ1v) is 11.4. The van der Waals surface area contributed by atoms with Crippen molar-refractivity contribution in [3.8, 4) is 0 Å². The Labute approximate surface area is 105 Å². The molecule has 0 aromatic rings. The minimum atomic E-state index is -0.681. The molecule has 0 aliphatic heterocycles. The van der Waals surface area contributed by atoms with Gasteiger partial charge in [0.05, 0.1) is 0 Å². The zero-order chi connectivity index (χ0) is 12.6. The van der Waals surface area contributed by atoms with Crippen molar-refractivity contribution >= 4 is 34.0 Å². The molecule has 0 aliphatic rings. The third-order valence-electron chi connectivity index (χ3n) is 2.03. The lowest BCUT2D eigenvalue weighted by atomic mass is 10.0. The van der Waals surface area contributed by atoms with Crippen LogP contribution >= 0.6 is 0 Å². The Bertz CT molecular complexity index is 202. The lowest BCUT2D eigenvalue weighted by molar-refractivity contribution is 1.22. The van der Waals surface area contributed by atoms with Crippen molar-refractivity contribution in [1.82, 2.24) is 14.7 Å². The van der Waals surface area contributed by atoms with Crippen LogP contribution in [0.1, 0.15) is 0 Å². The Balaban J connectivity index is 4.30. The fraction of sp³-hybridized carbons (Fsp3) is 0.333. The first-order chi connectivity index (χ1) is 7.53. The molecule has 0 bridgehead atoms. The standard InChI is InChI=1S/C9H21BN3Si3/c1-7-14(4)11-10(12-15(5)8-2)13-16(6)9-3/h7-9,11-13H,1-3H2,4-6H3. The second kappa shape index (κ2) is 8.91. The van der Waals surface area contributed by atoms with Gasteiger partial charge >= 0.3 is 7.12 Å². The van der Waals surface area contributed by atoms with Crippen molar-refractivity contribution in [2.75, 3.05) is 0 Å². The molecule has 3 radical (unpaired) electrons. The van der Waals surface area contributed by atoms with Gasteiger partial charge in [0.15, 0.2) is 0 Å². The lowest BCUT2D eigenvalue weighted by Gasteiger charge is -2.22. The van der Waals surface area contributed by atoms with Crippen molar-refractivity contribution in [3.05, 3.63) is 36.8 Å². The van der Waals surface area contributed by atoms with Crippen LogP contribution < -0.4 is 14.7 Å². The van der Waals surface area contributed by atoms with Crippen LogP contribution in [0.5, 0.6) is 0 Å². The SMILES string of the molecule is C=C[Si](C)NB(N[Si](C)C=C)N[Si](C)C=C. The molecule has 0 aliphatic carbocycles. The van der Waals surface area contributed by atoms with Gasteiger partial charge in [0.2, 0.25) is 0 Å². The third-order valence-corrected chi connectivity index (χ3v) is 6.10. The van der Waals surface area contributed by atoms with Gasteiger partial charge in [-0.1, -0.05) is 36.7 Å². The molecule has 0 amide bonds. The van der Waals surface area contributed by atoms with Gasteiger partial charge in [-0.15, -0.1) is 19.7 Å². The van der Waals surface area contributed by atoms with Crippen molar-refractivity contribution < 1.29 is 0 Å². The fourth-order valence-corrected chi connectivity index (χ4v) is 3.55. The van der Waals surface area contributed by atoms with E-state index in [2.05, 4.69) is 54.1 Å². The summed E-state index contributed by atoms with van der Waals surface area (Å²) in [4.78, 5) is 10.5. The molecule has 0 fully saturated rings. The summed E-state index contributed by atoms with van der Waals surface area (Å²) in [6.07, 6.45) is 0. The van der Waals surface area contributed by atoms with Crippen molar-refractivity contribution in [2.24, 2.45) is 0 Å². The normalized spacial score (nSPS) is 10.9. The van der Waals surface area contributed by atoms with Crippen LogP contribution in [0.3, 0.4) is 0 Å². The van der Waals surface area contributed by atoms with Crippen molar-refractivity contribution in [3.63, 3.8) is 0 Å². The van der Waals surface area contributed by atoms with Crippen LogP contribution in [0, 0.1) is 0 Å². The highest BCUT2D eigenvalue weighted by atomic mass is 28.3. The van der Waals surface area contributed by atoms with Crippen LogP contribution in [-0.4, -0.2) is 34.0 Å². The molecular formula is C9H21BN3Si3. The molecule has 0 saturated heterocycles. The van der Waals surface area contributed by atoms with E-state index >= 15 is 0 Å². The van der Waals surface area contributed by atoms with E-state index in [-0.39, 0.29) is 7.12 Å². The summed E-state index contributed by atoms with van der Waals surface area (Å²) in [5.41, 5.74) is 5.98. The second-order valence-electron chi connectivity index (χ2n) is 3.53. The lowest BCUT2D eigenvalue weighted by Crippen LogP contribution is -2.66. The van der Waals surface area contributed by atoms with Gasteiger partial charge in [-0.3, -0.25) is 0 Å². The largest absolute Gasteiger partial charge is 0.374 e. The molecule has 3 N–H and O–H groups in total. The Hall–Kier alpha value is -0.184. The highest BCUT2D eigenvalue weighted by Crippen LogP contribution is 1.84. The second-order valence-corrected chi connectivity index (χ2v) is 9.72. The van der Waals surface area contributed by atoms with Gasteiger partial charge in [-0.25, -0.2) is 0 Å². The maximum absolute atomic E-state index is 3.82. The van der Waals surface area contributed by atoms with E-state index in [9.17, 15) is 0 Å². The summed E-state index contributed by atoms with van der Waals surface area (Å²) < 4.78 is 0. The maximum Gasteiger partial charge on any atom is 0.374 e. The molecule has 0 spiro atoms. The van der Waals surface area contributed by atoms with E-state index in [0.29, 0.717) is 0 Å². The highest BCUT2D eigenvalue weighted by Gasteiger charge is 2.20. The van der Waals surface area contributed by atoms with E-state index in [1.807, 2.05) is 17.1 Å². The van der Waals surface area contributed by atoms with Crippen LogP contribution in [0.2, 0.25) is 19.6 Å². The number of rotatable bonds is 9. The van der Waals surface area contributed by atoms with E-state index in [4.69, 9.17) is 0 Å². The van der Waals surface area contributed by atoms with Crippen LogP contribution in [0.4, 0.5) is 0 Å². The average Bonchev–Trinajstić information content (AvgIpc) is 2.28. The summed E-state index contributed by atoms with van der Waals surface area (Å²) in [6.45, 7) is 18.0. The Morgan fingerprint density at radius 2 is 1.00 bits per heavy atom. The Morgan fingerprint density at radius 3 is 1.19 bits per heavy atom. The fourth-order valence-electron chi connectivity index (χ4n) is 0.968. The molecule has 16 heavy (non-hydrogen) atoms. The summed E-state index contributed by atoms with van der Waals surface area (Å²) >= 11 is 0. The maximum atomic E-state index is 3.82. The molecule has 0 atom stereocenters. The molecule has 0 aromatic carbocycles. The molecule has 3 nitrogen and oxygen atoms in total. The van der Waals surface area contributed by atoms with Gasteiger partial charge < -0.3 is 14.7 Å². The van der Waals surface area contributed by atoms with E-state index in [1.54, 1.807) is 0 Å². The summed E-state index contributed by atoms with van der Waals surface area (Å²) in [5.74, 6) is 0. The van der Waals surface area contributed by atoms with Gasteiger partial charge in [-0.2, -0.15) is 0 Å². The van der Waals surface area contributed by atoms with E-state index < -0.39 is 26.9 Å². The van der Waals surface area contributed by atoms with Crippen LogP contribution in [0.15, 0.2) is 36.8 Å². The Kier molecular flexibility index (Phi) is 8.81. The van der Waals surface area contributed by atoms with Crippen LogP contribution in [-0.2, 0) is 0 Å². The van der Waals surface area contributed by atoms with E-state index in [0.717, 1.165) is 0 Å². The molecule has 0 unspecified atom stereocenters. The minimum absolute atomic E-state index is 0.144. The quantitative estimate of drug-likeness (QED) is 0.540. The predicted octanol–water partition coefficient (Wildman–Crippen LogP) is 0.780. The van der Waals surface area contributed by atoms with Gasteiger partial charge in [0.25, 0.3) is 0 Å². The highest BCUT2D eigenvalue weighted by molar-refractivity contribution is 6.84. The first-order valence-electron chi connectivity index (χ1n) is 5.21. The summed E-state index contributed by atoms with van der Waals surface area (Å²) in [7, 11) is -1.90. The topological polar surface area (TPSA) is 36.1 Å². The number of nitrogens with one attached hydrogen (secondary N) is 3. The van der Waals surface area contributed by atoms with Crippen molar-refractivity contribution in [2.45, 2.75) is 19.6 Å². The molecule has 87 valence electrons. The molecular weight excluding hydrogens is 245 g/mol.